The van der Waals surface area contributed by atoms with Gasteiger partial charge in [-0.25, -0.2) is 4.90 Å². The molecule has 1 aliphatic heterocycles. The van der Waals surface area contributed by atoms with Crippen molar-refractivity contribution in [1.82, 2.24) is 4.57 Å². The normalized spacial score (nSPS) is 18.3. The molecule has 2 amide bonds. The number of hydrogen-bond acceptors (Lipinski definition) is 3. The van der Waals surface area contributed by atoms with Gasteiger partial charge in [0.05, 0.1) is 10.6 Å². The number of benzene rings is 2. The molecule has 34 heavy (non-hydrogen) atoms. The number of aryl methyl sites for hydroxylation is 1. The Morgan fingerprint density at radius 1 is 0.941 bits per heavy atom. The van der Waals surface area contributed by atoms with Gasteiger partial charge in [-0.3, -0.25) is 9.59 Å². The summed E-state index contributed by atoms with van der Waals surface area (Å²) in [6.07, 6.45) is 8.41. The Bertz CT molecular complexity index is 1290. The second kappa shape index (κ2) is 9.47. The van der Waals surface area contributed by atoms with Gasteiger partial charge in [0.25, 0.3) is 11.1 Å². The van der Waals surface area contributed by atoms with E-state index in [2.05, 4.69) is 48.7 Å². The predicted molar refractivity (Wildman–Crippen MR) is 141 cm³/mol. The van der Waals surface area contributed by atoms with Crippen LogP contribution >= 0.6 is 23.4 Å². The second-order valence-electron chi connectivity index (χ2n) is 9.09. The van der Waals surface area contributed by atoms with Crippen LogP contribution in [0.2, 0.25) is 5.02 Å². The van der Waals surface area contributed by atoms with Crippen molar-refractivity contribution >= 4 is 46.3 Å². The van der Waals surface area contributed by atoms with Gasteiger partial charge in [-0.15, -0.1) is 0 Å². The molecular formula is C28H27ClN2O2S. The molecule has 1 saturated carbocycles. The van der Waals surface area contributed by atoms with Crippen molar-refractivity contribution in [2.75, 3.05) is 4.90 Å². The number of imide groups is 1. The van der Waals surface area contributed by atoms with Crippen molar-refractivity contribution in [3.8, 4) is 5.69 Å². The Morgan fingerprint density at radius 2 is 1.68 bits per heavy atom. The molecule has 1 aliphatic carbocycles. The van der Waals surface area contributed by atoms with E-state index in [-0.39, 0.29) is 11.1 Å². The number of halogens is 1. The molecule has 2 aliphatic rings. The van der Waals surface area contributed by atoms with Crippen molar-refractivity contribution < 1.29 is 9.59 Å². The molecule has 0 spiro atoms. The Balaban J connectivity index is 1.42. The highest BCUT2D eigenvalue weighted by molar-refractivity contribution is 8.19. The van der Waals surface area contributed by atoms with Crippen LogP contribution in [0, 0.1) is 13.8 Å². The SMILES string of the molecule is Cc1cc(/C=C2\SC(=O)N(c3cccc(Cl)c3)C2=O)c(C)n1-c1ccc(C2CCCCC2)cc1. The fourth-order valence-corrected chi connectivity index (χ4v) is 6.13. The van der Waals surface area contributed by atoms with Crippen LogP contribution < -0.4 is 4.90 Å². The van der Waals surface area contributed by atoms with Crippen LogP contribution in [0.15, 0.2) is 59.5 Å². The molecule has 3 aromatic rings. The Hall–Kier alpha value is -2.76. The number of carbonyl (C=O) groups is 2. The maximum Gasteiger partial charge on any atom is 0.298 e. The van der Waals surface area contributed by atoms with Crippen LogP contribution in [-0.2, 0) is 4.79 Å². The predicted octanol–water partition coefficient (Wildman–Crippen LogP) is 8.04. The summed E-state index contributed by atoms with van der Waals surface area (Å²) in [5.74, 6) is 0.360. The number of rotatable bonds is 4. The number of amides is 2. The molecule has 5 rings (SSSR count). The zero-order chi connectivity index (χ0) is 23.8. The molecule has 1 aromatic heterocycles. The van der Waals surface area contributed by atoms with E-state index in [0.717, 1.165) is 34.4 Å². The molecule has 2 aromatic carbocycles. The summed E-state index contributed by atoms with van der Waals surface area (Å²) in [5, 5.41) is 0.171. The van der Waals surface area contributed by atoms with Gasteiger partial charge in [-0.05, 0) is 98.0 Å². The van der Waals surface area contributed by atoms with E-state index in [1.807, 2.05) is 6.08 Å². The van der Waals surface area contributed by atoms with E-state index >= 15 is 0 Å². The van der Waals surface area contributed by atoms with Crippen LogP contribution in [0.25, 0.3) is 11.8 Å². The Morgan fingerprint density at radius 3 is 2.38 bits per heavy atom. The summed E-state index contributed by atoms with van der Waals surface area (Å²) in [6, 6.07) is 17.8. The van der Waals surface area contributed by atoms with Crippen LogP contribution in [0.3, 0.4) is 0 Å². The molecule has 174 valence electrons. The summed E-state index contributed by atoms with van der Waals surface area (Å²) >= 11 is 7.03. The highest BCUT2D eigenvalue weighted by Gasteiger charge is 2.36. The highest BCUT2D eigenvalue weighted by Crippen LogP contribution is 2.38. The van der Waals surface area contributed by atoms with E-state index in [0.29, 0.717) is 21.5 Å². The third kappa shape index (κ3) is 4.35. The van der Waals surface area contributed by atoms with Crippen molar-refractivity contribution in [3.63, 3.8) is 0 Å². The van der Waals surface area contributed by atoms with Gasteiger partial charge in [0.1, 0.15) is 0 Å². The van der Waals surface area contributed by atoms with E-state index in [1.54, 1.807) is 24.3 Å². The maximum absolute atomic E-state index is 13.1. The summed E-state index contributed by atoms with van der Waals surface area (Å²) in [7, 11) is 0. The molecule has 0 atom stereocenters. The molecule has 0 radical (unpaired) electrons. The van der Waals surface area contributed by atoms with Gasteiger partial charge in [0, 0.05) is 22.1 Å². The van der Waals surface area contributed by atoms with Crippen molar-refractivity contribution in [1.29, 1.82) is 0 Å². The lowest BCUT2D eigenvalue weighted by Crippen LogP contribution is -2.27. The number of anilines is 1. The molecule has 0 N–H and O–H groups in total. The van der Waals surface area contributed by atoms with Gasteiger partial charge in [0.2, 0.25) is 0 Å². The van der Waals surface area contributed by atoms with E-state index in [9.17, 15) is 9.59 Å². The highest BCUT2D eigenvalue weighted by atomic mass is 35.5. The molecule has 1 saturated heterocycles. The van der Waals surface area contributed by atoms with Crippen molar-refractivity contribution in [2.45, 2.75) is 51.9 Å². The average Bonchev–Trinajstić information content (AvgIpc) is 3.28. The quantitative estimate of drug-likeness (QED) is 0.347. The monoisotopic (exact) mass is 490 g/mol. The molecule has 2 fully saturated rings. The number of thioether (sulfide) groups is 1. The standard InChI is InChI=1S/C28H27ClN2O2S/c1-18-15-22(16-26-27(32)31(28(33)34-26)25-10-6-9-23(29)17-25)19(2)30(18)24-13-11-21(12-14-24)20-7-4-3-5-8-20/h6,9-17,20H,3-5,7-8H2,1-2H3/b26-16-. The van der Waals surface area contributed by atoms with E-state index in [4.69, 9.17) is 11.6 Å². The summed E-state index contributed by atoms with van der Waals surface area (Å²) in [6.45, 7) is 4.12. The number of nitrogens with zero attached hydrogens (tertiary/aromatic N) is 2. The molecule has 6 heteroatoms. The smallest absolute Gasteiger partial charge is 0.298 e. The largest absolute Gasteiger partial charge is 0.318 e. The number of hydrogen-bond donors (Lipinski definition) is 0. The van der Waals surface area contributed by atoms with Gasteiger partial charge >= 0.3 is 0 Å². The van der Waals surface area contributed by atoms with Crippen molar-refractivity contribution in [2.24, 2.45) is 0 Å². The van der Waals surface area contributed by atoms with E-state index in [1.165, 1.54) is 42.6 Å². The fraction of sp³-hybridized carbons (Fsp3) is 0.286. The Kier molecular flexibility index (Phi) is 6.41. The summed E-state index contributed by atoms with van der Waals surface area (Å²) < 4.78 is 2.21. The molecular weight excluding hydrogens is 464 g/mol. The summed E-state index contributed by atoms with van der Waals surface area (Å²) in [5.41, 5.74) is 6.09. The number of aromatic nitrogens is 1. The minimum absolute atomic E-state index is 0.314. The average molecular weight is 491 g/mol. The van der Waals surface area contributed by atoms with Crippen molar-refractivity contribution in [3.05, 3.63) is 87.0 Å². The Labute approximate surface area is 209 Å². The maximum atomic E-state index is 13.1. The van der Waals surface area contributed by atoms with E-state index < -0.39 is 0 Å². The summed E-state index contributed by atoms with van der Waals surface area (Å²) in [4.78, 5) is 27.3. The molecule has 2 heterocycles. The van der Waals surface area contributed by atoms with Crippen LogP contribution in [0.1, 0.15) is 60.5 Å². The van der Waals surface area contributed by atoms with Gasteiger partial charge in [-0.1, -0.05) is 49.1 Å². The minimum Gasteiger partial charge on any atom is -0.318 e. The zero-order valence-corrected chi connectivity index (χ0v) is 21.0. The fourth-order valence-electron chi connectivity index (χ4n) is 5.11. The molecule has 4 nitrogen and oxygen atoms in total. The van der Waals surface area contributed by atoms with Crippen LogP contribution in [0.5, 0.6) is 0 Å². The second-order valence-corrected chi connectivity index (χ2v) is 10.5. The lowest BCUT2D eigenvalue weighted by Gasteiger charge is -2.22. The number of carbonyl (C=O) groups excluding carboxylic acids is 2. The zero-order valence-electron chi connectivity index (χ0n) is 19.4. The third-order valence-corrected chi connectivity index (χ3v) is 7.95. The topological polar surface area (TPSA) is 42.3 Å². The van der Waals surface area contributed by atoms with Crippen LogP contribution in [0.4, 0.5) is 10.5 Å². The lowest BCUT2D eigenvalue weighted by atomic mass is 9.84. The van der Waals surface area contributed by atoms with Gasteiger partial charge < -0.3 is 4.57 Å². The van der Waals surface area contributed by atoms with Gasteiger partial charge in [0.15, 0.2) is 0 Å². The first-order valence-electron chi connectivity index (χ1n) is 11.7. The van der Waals surface area contributed by atoms with Gasteiger partial charge in [-0.2, -0.15) is 0 Å². The first-order valence-corrected chi connectivity index (χ1v) is 12.9. The first kappa shape index (κ1) is 23.0. The van der Waals surface area contributed by atoms with Crippen LogP contribution in [-0.4, -0.2) is 15.7 Å². The first-order chi connectivity index (χ1) is 16.4. The molecule has 0 bridgehead atoms. The lowest BCUT2D eigenvalue weighted by molar-refractivity contribution is -0.113. The third-order valence-electron chi connectivity index (χ3n) is 6.84. The molecule has 0 unspecified atom stereocenters. The minimum atomic E-state index is -0.320.